The SMILES string of the molecule is COCCCCOc1cccc(/C(C)=N/O)c1. The van der Waals surface area contributed by atoms with Crippen LogP contribution in [0.1, 0.15) is 25.3 Å². The molecule has 1 rings (SSSR count). The highest BCUT2D eigenvalue weighted by Crippen LogP contribution is 2.14. The fourth-order valence-corrected chi connectivity index (χ4v) is 1.41. The van der Waals surface area contributed by atoms with E-state index >= 15 is 0 Å². The van der Waals surface area contributed by atoms with Gasteiger partial charge < -0.3 is 14.7 Å². The lowest BCUT2D eigenvalue weighted by molar-refractivity contribution is 0.184. The molecular formula is C13H19NO3. The minimum Gasteiger partial charge on any atom is -0.494 e. The van der Waals surface area contributed by atoms with Gasteiger partial charge in [0.15, 0.2) is 0 Å². The van der Waals surface area contributed by atoms with E-state index in [4.69, 9.17) is 14.7 Å². The summed E-state index contributed by atoms with van der Waals surface area (Å²) in [7, 11) is 1.70. The second kappa shape index (κ2) is 7.68. The van der Waals surface area contributed by atoms with Crippen molar-refractivity contribution in [3.05, 3.63) is 29.8 Å². The Balaban J connectivity index is 2.43. The van der Waals surface area contributed by atoms with Gasteiger partial charge in [-0.15, -0.1) is 0 Å². The van der Waals surface area contributed by atoms with Crippen LogP contribution >= 0.6 is 0 Å². The molecule has 0 aromatic heterocycles. The van der Waals surface area contributed by atoms with Crippen LogP contribution in [-0.2, 0) is 4.74 Å². The zero-order valence-electron chi connectivity index (χ0n) is 10.3. The Morgan fingerprint density at radius 2 is 2.06 bits per heavy atom. The molecule has 0 fully saturated rings. The molecule has 17 heavy (non-hydrogen) atoms. The largest absolute Gasteiger partial charge is 0.494 e. The normalized spacial score (nSPS) is 11.5. The van der Waals surface area contributed by atoms with Crippen molar-refractivity contribution in [2.45, 2.75) is 19.8 Å². The lowest BCUT2D eigenvalue weighted by Crippen LogP contribution is -2.01. The standard InChI is InChI=1S/C13H19NO3/c1-11(14-15)12-6-5-7-13(10-12)17-9-4-3-8-16-2/h5-7,10,15H,3-4,8-9H2,1-2H3/b14-11+. The third kappa shape index (κ3) is 4.87. The van der Waals surface area contributed by atoms with Crippen LogP contribution in [0.25, 0.3) is 0 Å². The average molecular weight is 237 g/mol. The van der Waals surface area contributed by atoms with Crippen LogP contribution in [0.3, 0.4) is 0 Å². The second-order valence-electron chi connectivity index (χ2n) is 3.76. The number of methoxy groups -OCH3 is 1. The van der Waals surface area contributed by atoms with Crippen LogP contribution in [0, 0.1) is 0 Å². The monoisotopic (exact) mass is 237 g/mol. The minimum atomic E-state index is 0.579. The van der Waals surface area contributed by atoms with Crippen molar-refractivity contribution < 1.29 is 14.7 Å². The van der Waals surface area contributed by atoms with Crippen molar-refractivity contribution in [3.63, 3.8) is 0 Å². The molecule has 0 saturated carbocycles. The molecule has 4 nitrogen and oxygen atoms in total. The molecule has 1 aromatic carbocycles. The van der Waals surface area contributed by atoms with Gasteiger partial charge in [0, 0.05) is 19.3 Å². The molecule has 0 saturated heterocycles. The van der Waals surface area contributed by atoms with Crippen LogP contribution in [0.2, 0.25) is 0 Å². The molecule has 94 valence electrons. The molecule has 0 heterocycles. The van der Waals surface area contributed by atoms with Crippen molar-refractivity contribution in [1.82, 2.24) is 0 Å². The van der Waals surface area contributed by atoms with E-state index in [0.29, 0.717) is 12.3 Å². The Hall–Kier alpha value is -1.55. The molecule has 0 aliphatic carbocycles. The van der Waals surface area contributed by atoms with E-state index in [1.54, 1.807) is 14.0 Å². The highest BCUT2D eigenvalue weighted by atomic mass is 16.5. The first-order valence-corrected chi connectivity index (χ1v) is 5.68. The number of benzene rings is 1. The van der Waals surface area contributed by atoms with E-state index in [1.165, 1.54) is 0 Å². The van der Waals surface area contributed by atoms with Crippen molar-refractivity contribution in [2.24, 2.45) is 5.16 Å². The van der Waals surface area contributed by atoms with Crippen LogP contribution < -0.4 is 4.74 Å². The zero-order valence-corrected chi connectivity index (χ0v) is 10.3. The predicted octanol–water partition coefficient (Wildman–Crippen LogP) is 2.69. The molecule has 0 unspecified atom stereocenters. The van der Waals surface area contributed by atoms with Gasteiger partial charge in [-0.05, 0) is 31.9 Å². The number of hydrogen-bond donors (Lipinski definition) is 1. The van der Waals surface area contributed by atoms with Gasteiger partial charge in [-0.25, -0.2) is 0 Å². The third-order valence-corrected chi connectivity index (χ3v) is 2.41. The van der Waals surface area contributed by atoms with E-state index in [0.717, 1.165) is 30.8 Å². The van der Waals surface area contributed by atoms with E-state index in [-0.39, 0.29) is 0 Å². The maximum atomic E-state index is 8.69. The van der Waals surface area contributed by atoms with Gasteiger partial charge in [0.2, 0.25) is 0 Å². The van der Waals surface area contributed by atoms with Crippen LogP contribution in [0.15, 0.2) is 29.4 Å². The number of oxime groups is 1. The van der Waals surface area contributed by atoms with Gasteiger partial charge in [0.05, 0.1) is 12.3 Å². The van der Waals surface area contributed by atoms with Gasteiger partial charge in [-0.2, -0.15) is 0 Å². The maximum absolute atomic E-state index is 8.69. The van der Waals surface area contributed by atoms with Gasteiger partial charge in [0.25, 0.3) is 0 Å². The van der Waals surface area contributed by atoms with E-state index < -0.39 is 0 Å². The summed E-state index contributed by atoms with van der Waals surface area (Å²) in [4.78, 5) is 0. The molecule has 0 spiro atoms. The van der Waals surface area contributed by atoms with Crippen molar-refractivity contribution in [2.75, 3.05) is 20.3 Å². The fraction of sp³-hybridized carbons (Fsp3) is 0.462. The summed E-state index contributed by atoms with van der Waals surface area (Å²) in [5.74, 6) is 0.794. The van der Waals surface area contributed by atoms with Gasteiger partial charge in [0.1, 0.15) is 5.75 Å². The lowest BCUT2D eigenvalue weighted by Gasteiger charge is -2.07. The number of ether oxygens (including phenoxy) is 2. The third-order valence-electron chi connectivity index (χ3n) is 2.41. The molecule has 0 aliphatic heterocycles. The number of unbranched alkanes of at least 4 members (excludes halogenated alkanes) is 1. The number of rotatable bonds is 7. The van der Waals surface area contributed by atoms with E-state index in [2.05, 4.69) is 5.16 Å². The van der Waals surface area contributed by atoms with Crippen LogP contribution in [0.5, 0.6) is 5.75 Å². The Morgan fingerprint density at radius 1 is 1.29 bits per heavy atom. The number of hydrogen-bond acceptors (Lipinski definition) is 4. The Kier molecular flexibility index (Phi) is 6.10. The minimum absolute atomic E-state index is 0.579. The Morgan fingerprint density at radius 3 is 2.76 bits per heavy atom. The topological polar surface area (TPSA) is 51.0 Å². The van der Waals surface area contributed by atoms with E-state index in [1.807, 2.05) is 24.3 Å². The first-order chi connectivity index (χ1) is 8.27. The smallest absolute Gasteiger partial charge is 0.119 e. The van der Waals surface area contributed by atoms with Gasteiger partial charge >= 0.3 is 0 Å². The first kappa shape index (κ1) is 13.5. The molecule has 0 radical (unpaired) electrons. The number of nitrogens with zero attached hydrogens (tertiary/aromatic N) is 1. The molecule has 1 aromatic rings. The quantitative estimate of drug-likeness (QED) is 0.343. The van der Waals surface area contributed by atoms with Gasteiger partial charge in [-0.1, -0.05) is 17.3 Å². The molecule has 4 heteroatoms. The van der Waals surface area contributed by atoms with Crippen LogP contribution in [-0.4, -0.2) is 31.2 Å². The second-order valence-corrected chi connectivity index (χ2v) is 3.76. The summed E-state index contributed by atoms with van der Waals surface area (Å²) in [5.41, 5.74) is 1.44. The Labute approximate surface area is 102 Å². The molecule has 0 amide bonds. The average Bonchev–Trinajstić information content (AvgIpc) is 2.38. The van der Waals surface area contributed by atoms with Crippen molar-refractivity contribution >= 4 is 5.71 Å². The zero-order chi connectivity index (χ0) is 12.5. The predicted molar refractivity (Wildman–Crippen MR) is 67.0 cm³/mol. The van der Waals surface area contributed by atoms with Gasteiger partial charge in [-0.3, -0.25) is 0 Å². The summed E-state index contributed by atoms with van der Waals surface area (Å²) in [6.07, 6.45) is 1.96. The highest BCUT2D eigenvalue weighted by molar-refractivity contribution is 5.98. The summed E-state index contributed by atoms with van der Waals surface area (Å²) in [5, 5.41) is 11.9. The summed E-state index contributed by atoms with van der Waals surface area (Å²) < 4.78 is 10.6. The lowest BCUT2D eigenvalue weighted by atomic mass is 10.1. The van der Waals surface area contributed by atoms with Crippen molar-refractivity contribution in [3.8, 4) is 5.75 Å². The molecule has 1 N–H and O–H groups in total. The van der Waals surface area contributed by atoms with Crippen LogP contribution in [0.4, 0.5) is 0 Å². The highest BCUT2D eigenvalue weighted by Gasteiger charge is 2.00. The molecule has 0 bridgehead atoms. The fourth-order valence-electron chi connectivity index (χ4n) is 1.41. The summed E-state index contributed by atoms with van der Waals surface area (Å²) >= 11 is 0. The first-order valence-electron chi connectivity index (χ1n) is 5.68. The molecule has 0 aliphatic rings. The Bertz CT molecular complexity index is 363. The summed E-state index contributed by atoms with van der Waals surface area (Å²) in [6, 6.07) is 7.52. The maximum Gasteiger partial charge on any atom is 0.119 e. The van der Waals surface area contributed by atoms with E-state index in [9.17, 15) is 0 Å². The van der Waals surface area contributed by atoms with Crippen molar-refractivity contribution in [1.29, 1.82) is 0 Å². The summed E-state index contributed by atoms with van der Waals surface area (Å²) in [6.45, 7) is 3.18. The molecule has 0 atom stereocenters. The molecular weight excluding hydrogens is 218 g/mol.